The van der Waals surface area contributed by atoms with Crippen LogP contribution >= 0.6 is 0 Å². The van der Waals surface area contributed by atoms with E-state index in [9.17, 15) is 9.59 Å². The van der Waals surface area contributed by atoms with Crippen molar-refractivity contribution < 1.29 is 19.4 Å². The molecule has 6 nitrogen and oxygen atoms in total. The number of likely N-dealkylation sites (N-methyl/N-ethyl adjacent to an activating group) is 1. The van der Waals surface area contributed by atoms with Crippen molar-refractivity contribution in [3.63, 3.8) is 0 Å². The Hall–Kier alpha value is -1.30. The summed E-state index contributed by atoms with van der Waals surface area (Å²) in [7, 11) is 0. The van der Waals surface area contributed by atoms with Crippen LogP contribution in [0.2, 0.25) is 0 Å². The summed E-state index contributed by atoms with van der Waals surface area (Å²) in [5.74, 6) is -0.915. The molecule has 18 heavy (non-hydrogen) atoms. The Morgan fingerprint density at radius 3 is 2.72 bits per heavy atom. The van der Waals surface area contributed by atoms with E-state index < -0.39 is 12.0 Å². The van der Waals surface area contributed by atoms with Gasteiger partial charge in [0.05, 0.1) is 6.61 Å². The molecule has 104 valence electrons. The average molecular weight is 258 g/mol. The number of urea groups is 1. The zero-order valence-corrected chi connectivity index (χ0v) is 11.1. The van der Waals surface area contributed by atoms with Crippen LogP contribution in [0.5, 0.6) is 0 Å². The van der Waals surface area contributed by atoms with Crippen molar-refractivity contribution >= 4 is 12.0 Å². The van der Waals surface area contributed by atoms with Crippen LogP contribution < -0.4 is 0 Å². The van der Waals surface area contributed by atoms with E-state index in [0.29, 0.717) is 39.3 Å². The van der Waals surface area contributed by atoms with E-state index in [1.54, 1.807) is 4.90 Å². The summed E-state index contributed by atoms with van der Waals surface area (Å²) >= 11 is 0. The maximum Gasteiger partial charge on any atom is 0.326 e. The first-order valence-corrected chi connectivity index (χ1v) is 6.47. The molecule has 1 fully saturated rings. The van der Waals surface area contributed by atoms with Gasteiger partial charge in [-0.1, -0.05) is 0 Å². The SMILES string of the molecule is CCOCCN(CC)C(=O)N1CCC[C@H]1C(=O)O. The van der Waals surface area contributed by atoms with Crippen LogP contribution in [0.4, 0.5) is 4.79 Å². The summed E-state index contributed by atoms with van der Waals surface area (Å²) < 4.78 is 5.22. The first-order valence-electron chi connectivity index (χ1n) is 6.47. The van der Waals surface area contributed by atoms with E-state index in [-0.39, 0.29) is 6.03 Å². The molecule has 0 aromatic carbocycles. The number of likely N-dealkylation sites (tertiary alicyclic amines) is 1. The number of carbonyl (C=O) groups is 2. The Labute approximate surface area is 107 Å². The lowest BCUT2D eigenvalue weighted by molar-refractivity contribution is -0.141. The second-order valence-corrected chi connectivity index (χ2v) is 4.25. The summed E-state index contributed by atoms with van der Waals surface area (Å²) in [5, 5.41) is 9.06. The summed E-state index contributed by atoms with van der Waals surface area (Å²) in [5.41, 5.74) is 0. The van der Waals surface area contributed by atoms with Crippen LogP contribution in [0, 0.1) is 0 Å². The molecule has 1 saturated heterocycles. The number of hydrogen-bond donors (Lipinski definition) is 1. The monoisotopic (exact) mass is 258 g/mol. The van der Waals surface area contributed by atoms with E-state index in [1.807, 2.05) is 13.8 Å². The molecule has 1 heterocycles. The lowest BCUT2D eigenvalue weighted by Gasteiger charge is -2.29. The van der Waals surface area contributed by atoms with Gasteiger partial charge in [0.2, 0.25) is 0 Å². The minimum absolute atomic E-state index is 0.192. The first-order chi connectivity index (χ1) is 8.61. The standard InChI is InChI=1S/C12H22N2O4/c1-3-13(8-9-18-4-2)12(17)14-7-5-6-10(14)11(15)16/h10H,3-9H2,1-2H3,(H,15,16)/t10-/m0/s1. The first kappa shape index (κ1) is 14.8. The number of hydrogen-bond acceptors (Lipinski definition) is 3. The van der Waals surface area contributed by atoms with Gasteiger partial charge in [-0.2, -0.15) is 0 Å². The van der Waals surface area contributed by atoms with Gasteiger partial charge >= 0.3 is 12.0 Å². The Morgan fingerprint density at radius 1 is 1.44 bits per heavy atom. The van der Waals surface area contributed by atoms with E-state index in [2.05, 4.69) is 0 Å². The molecule has 1 atom stereocenters. The third-order valence-corrected chi connectivity index (χ3v) is 3.15. The fourth-order valence-corrected chi connectivity index (χ4v) is 2.14. The fourth-order valence-electron chi connectivity index (χ4n) is 2.14. The van der Waals surface area contributed by atoms with Crippen molar-refractivity contribution in [3.05, 3.63) is 0 Å². The number of carbonyl (C=O) groups excluding carboxylic acids is 1. The van der Waals surface area contributed by atoms with Crippen LogP contribution in [-0.2, 0) is 9.53 Å². The van der Waals surface area contributed by atoms with Crippen LogP contribution in [0.25, 0.3) is 0 Å². The number of carboxylic acid groups (broad SMARTS) is 1. The second kappa shape index (κ2) is 7.20. The quantitative estimate of drug-likeness (QED) is 0.722. The Bertz CT molecular complexity index is 296. The maximum absolute atomic E-state index is 12.2. The molecule has 0 aromatic rings. The largest absolute Gasteiger partial charge is 0.480 e. The topological polar surface area (TPSA) is 70.1 Å². The van der Waals surface area contributed by atoms with Gasteiger partial charge in [-0.3, -0.25) is 0 Å². The third kappa shape index (κ3) is 3.60. The third-order valence-electron chi connectivity index (χ3n) is 3.15. The Balaban J connectivity index is 2.57. The van der Waals surface area contributed by atoms with E-state index >= 15 is 0 Å². The summed E-state index contributed by atoms with van der Waals surface area (Å²) in [4.78, 5) is 26.4. The molecule has 0 aliphatic carbocycles. The normalized spacial score (nSPS) is 19.0. The molecular formula is C12H22N2O4. The van der Waals surface area contributed by atoms with Crippen LogP contribution in [0.3, 0.4) is 0 Å². The van der Waals surface area contributed by atoms with Crippen LogP contribution in [-0.4, -0.2) is 65.8 Å². The highest BCUT2D eigenvalue weighted by Gasteiger charge is 2.35. The summed E-state index contributed by atoms with van der Waals surface area (Å²) in [6.45, 7) is 6.49. The van der Waals surface area contributed by atoms with E-state index in [1.165, 1.54) is 4.90 Å². The molecule has 0 radical (unpaired) electrons. The molecule has 0 saturated carbocycles. The van der Waals surface area contributed by atoms with Gasteiger partial charge in [0.25, 0.3) is 0 Å². The molecule has 0 aromatic heterocycles. The van der Waals surface area contributed by atoms with E-state index in [4.69, 9.17) is 9.84 Å². The predicted molar refractivity (Wildman–Crippen MR) is 66.5 cm³/mol. The number of nitrogens with zero attached hydrogens (tertiary/aromatic N) is 2. The van der Waals surface area contributed by atoms with Crippen molar-refractivity contribution in [1.29, 1.82) is 0 Å². The molecule has 1 rings (SSSR count). The van der Waals surface area contributed by atoms with Gasteiger partial charge in [-0.15, -0.1) is 0 Å². The molecule has 1 aliphatic heterocycles. The molecular weight excluding hydrogens is 236 g/mol. The molecule has 0 unspecified atom stereocenters. The van der Waals surface area contributed by atoms with Gasteiger partial charge in [-0.05, 0) is 26.7 Å². The van der Waals surface area contributed by atoms with Crippen molar-refractivity contribution in [2.75, 3.05) is 32.8 Å². The zero-order chi connectivity index (χ0) is 13.5. The molecule has 0 spiro atoms. The highest BCUT2D eigenvalue weighted by Crippen LogP contribution is 2.19. The highest BCUT2D eigenvalue weighted by molar-refractivity contribution is 5.83. The van der Waals surface area contributed by atoms with Crippen molar-refractivity contribution in [2.24, 2.45) is 0 Å². The predicted octanol–water partition coefficient (Wildman–Crippen LogP) is 1.01. The molecule has 1 N–H and O–H groups in total. The van der Waals surface area contributed by atoms with Crippen LogP contribution in [0.1, 0.15) is 26.7 Å². The molecule has 2 amide bonds. The lowest BCUT2D eigenvalue weighted by Crippen LogP contribution is -2.48. The smallest absolute Gasteiger partial charge is 0.326 e. The van der Waals surface area contributed by atoms with Crippen molar-refractivity contribution in [1.82, 2.24) is 9.80 Å². The number of amides is 2. The van der Waals surface area contributed by atoms with Gasteiger partial charge in [0.1, 0.15) is 6.04 Å². The number of rotatable bonds is 6. The lowest BCUT2D eigenvalue weighted by atomic mass is 10.2. The summed E-state index contributed by atoms with van der Waals surface area (Å²) in [6.07, 6.45) is 1.30. The van der Waals surface area contributed by atoms with E-state index in [0.717, 1.165) is 6.42 Å². The molecule has 6 heteroatoms. The number of carboxylic acids is 1. The number of ether oxygens (including phenoxy) is 1. The van der Waals surface area contributed by atoms with Crippen molar-refractivity contribution in [3.8, 4) is 0 Å². The Kier molecular flexibility index (Phi) is 5.91. The van der Waals surface area contributed by atoms with Crippen LogP contribution in [0.15, 0.2) is 0 Å². The van der Waals surface area contributed by atoms with Gasteiger partial charge in [0.15, 0.2) is 0 Å². The number of aliphatic carboxylic acids is 1. The minimum Gasteiger partial charge on any atom is -0.480 e. The van der Waals surface area contributed by atoms with Crippen molar-refractivity contribution in [2.45, 2.75) is 32.7 Å². The van der Waals surface area contributed by atoms with Gasteiger partial charge in [-0.25, -0.2) is 9.59 Å². The molecule has 0 bridgehead atoms. The average Bonchev–Trinajstić information content (AvgIpc) is 2.83. The second-order valence-electron chi connectivity index (χ2n) is 4.25. The maximum atomic E-state index is 12.2. The minimum atomic E-state index is -0.915. The zero-order valence-electron chi connectivity index (χ0n) is 11.1. The summed E-state index contributed by atoms with van der Waals surface area (Å²) in [6, 6.07) is -0.860. The van der Waals surface area contributed by atoms with Gasteiger partial charge < -0.3 is 19.6 Å². The fraction of sp³-hybridized carbons (Fsp3) is 0.833. The highest BCUT2D eigenvalue weighted by atomic mass is 16.5. The van der Waals surface area contributed by atoms with Gasteiger partial charge in [0, 0.05) is 26.2 Å². The molecule has 1 aliphatic rings. The Morgan fingerprint density at radius 2 is 2.17 bits per heavy atom.